The molecule has 0 atom stereocenters. The minimum absolute atomic E-state index is 0.172. The molecule has 0 saturated heterocycles. The lowest BCUT2D eigenvalue weighted by Gasteiger charge is -2.19. The average molecular weight is 292 g/mol. The van der Waals surface area contributed by atoms with E-state index in [1.54, 1.807) is 51.1 Å². The van der Waals surface area contributed by atoms with Crippen molar-refractivity contribution in [2.75, 3.05) is 6.54 Å². The van der Waals surface area contributed by atoms with Gasteiger partial charge in [0.05, 0.1) is 0 Å². The lowest BCUT2D eigenvalue weighted by Crippen LogP contribution is -2.38. The fourth-order valence-electron chi connectivity index (χ4n) is 1.33. The number of hydrogen-bond donors (Lipinski definition) is 3. The Kier molecular flexibility index (Phi) is 5.78. The number of phenolic OH excluding ortho intramolecular Hbond substituents is 1. The van der Waals surface area contributed by atoms with Crippen LogP contribution in [0.25, 0.3) is 6.08 Å². The molecule has 1 aromatic rings. The first-order valence-corrected chi connectivity index (χ1v) is 6.48. The summed E-state index contributed by atoms with van der Waals surface area (Å²) in [4.78, 5) is 22.8. The second kappa shape index (κ2) is 7.33. The number of phenols is 1. The first kappa shape index (κ1) is 16.6. The summed E-state index contributed by atoms with van der Waals surface area (Å²) >= 11 is 0. The quantitative estimate of drug-likeness (QED) is 0.792. The van der Waals surface area contributed by atoms with Gasteiger partial charge < -0.3 is 20.5 Å². The number of carbonyl (C=O) groups is 2. The van der Waals surface area contributed by atoms with Gasteiger partial charge in [-0.25, -0.2) is 4.79 Å². The number of hydrogen-bond acceptors (Lipinski definition) is 4. The third-order valence-corrected chi connectivity index (χ3v) is 2.21. The van der Waals surface area contributed by atoms with Crippen LogP contribution in [0.1, 0.15) is 26.3 Å². The Labute approximate surface area is 123 Å². The zero-order valence-corrected chi connectivity index (χ0v) is 12.3. The molecule has 114 valence electrons. The van der Waals surface area contributed by atoms with Crippen LogP contribution in [-0.2, 0) is 9.53 Å². The second-order valence-electron chi connectivity index (χ2n) is 5.35. The van der Waals surface area contributed by atoms with Gasteiger partial charge in [0, 0.05) is 6.20 Å². The molecular formula is C15H20N2O4. The first-order chi connectivity index (χ1) is 9.76. The zero-order valence-electron chi connectivity index (χ0n) is 12.3. The highest BCUT2D eigenvalue weighted by Crippen LogP contribution is 2.10. The topological polar surface area (TPSA) is 87.7 Å². The van der Waals surface area contributed by atoms with E-state index in [4.69, 9.17) is 9.84 Å². The number of amides is 2. The van der Waals surface area contributed by atoms with E-state index in [0.717, 1.165) is 5.56 Å². The second-order valence-corrected chi connectivity index (χ2v) is 5.35. The maximum atomic E-state index is 11.5. The molecule has 3 N–H and O–H groups in total. The Balaban J connectivity index is 2.31. The van der Waals surface area contributed by atoms with Crippen molar-refractivity contribution in [3.8, 4) is 5.75 Å². The largest absolute Gasteiger partial charge is 0.508 e. The van der Waals surface area contributed by atoms with E-state index in [1.165, 1.54) is 6.20 Å². The monoisotopic (exact) mass is 292 g/mol. The van der Waals surface area contributed by atoms with E-state index in [-0.39, 0.29) is 18.2 Å². The number of rotatable bonds is 4. The van der Waals surface area contributed by atoms with Gasteiger partial charge >= 0.3 is 6.09 Å². The third kappa shape index (κ3) is 7.61. The highest BCUT2D eigenvalue weighted by molar-refractivity contribution is 5.83. The van der Waals surface area contributed by atoms with E-state index in [2.05, 4.69) is 10.6 Å². The number of carbonyl (C=O) groups excluding carboxylic acids is 2. The first-order valence-electron chi connectivity index (χ1n) is 6.48. The molecule has 0 heterocycles. The number of nitrogens with one attached hydrogen (secondary N) is 2. The summed E-state index contributed by atoms with van der Waals surface area (Å²) in [5.74, 6) is -0.186. The fraction of sp³-hybridized carbons (Fsp3) is 0.333. The molecule has 6 nitrogen and oxygen atoms in total. The van der Waals surface area contributed by atoms with E-state index in [0.29, 0.717) is 0 Å². The number of aromatic hydroxyl groups is 1. The number of alkyl carbamates (subject to hydrolysis) is 1. The number of ether oxygens (including phenoxy) is 1. The molecule has 0 aliphatic heterocycles. The van der Waals surface area contributed by atoms with Crippen LogP contribution in [0.3, 0.4) is 0 Å². The molecule has 0 aromatic heterocycles. The molecule has 0 spiro atoms. The molecule has 2 amide bonds. The van der Waals surface area contributed by atoms with Crippen molar-refractivity contribution in [2.45, 2.75) is 26.4 Å². The summed E-state index contributed by atoms with van der Waals surface area (Å²) in [6.45, 7) is 5.06. The fourth-order valence-corrected chi connectivity index (χ4v) is 1.33. The van der Waals surface area contributed by atoms with Crippen molar-refractivity contribution in [3.63, 3.8) is 0 Å². The van der Waals surface area contributed by atoms with E-state index in [9.17, 15) is 9.59 Å². The molecule has 0 unspecified atom stereocenters. The van der Waals surface area contributed by atoms with Crippen molar-refractivity contribution in [1.29, 1.82) is 0 Å². The van der Waals surface area contributed by atoms with Crippen molar-refractivity contribution in [3.05, 3.63) is 36.0 Å². The predicted molar refractivity (Wildman–Crippen MR) is 79.5 cm³/mol. The molecule has 6 heteroatoms. The van der Waals surface area contributed by atoms with Crippen LogP contribution in [0.2, 0.25) is 0 Å². The summed E-state index contributed by atoms with van der Waals surface area (Å²) in [7, 11) is 0. The molecule has 0 saturated carbocycles. The molecule has 0 aliphatic carbocycles. The SMILES string of the molecule is CC(C)(C)OC(=O)NCC(=O)N/C=C/c1ccc(O)cc1. The van der Waals surface area contributed by atoms with Gasteiger partial charge in [0.1, 0.15) is 17.9 Å². The van der Waals surface area contributed by atoms with Gasteiger partial charge in [0.15, 0.2) is 0 Å². The lowest BCUT2D eigenvalue weighted by molar-refractivity contribution is -0.119. The summed E-state index contributed by atoms with van der Waals surface area (Å²) in [5, 5.41) is 14.0. The zero-order chi connectivity index (χ0) is 15.9. The maximum absolute atomic E-state index is 11.5. The molecule has 21 heavy (non-hydrogen) atoms. The molecular weight excluding hydrogens is 272 g/mol. The van der Waals surface area contributed by atoms with Gasteiger partial charge in [-0.3, -0.25) is 4.79 Å². The van der Waals surface area contributed by atoms with Gasteiger partial charge in [-0.2, -0.15) is 0 Å². The normalized spacial score (nSPS) is 11.2. The van der Waals surface area contributed by atoms with Crippen molar-refractivity contribution >= 4 is 18.1 Å². The Morgan fingerprint density at radius 2 is 1.86 bits per heavy atom. The predicted octanol–water partition coefficient (Wildman–Crippen LogP) is 2.00. The maximum Gasteiger partial charge on any atom is 0.408 e. The van der Waals surface area contributed by atoms with Crippen LogP contribution in [0.4, 0.5) is 4.79 Å². The van der Waals surface area contributed by atoms with Gasteiger partial charge in [0.2, 0.25) is 5.91 Å². The van der Waals surface area contributed by atoms with Crippen LogP contribution >= 0.6 is 0 Å². The van der Waals surface area contributed by atoms with Crippen LogP contribution in [-0.4, -0.2) is 29.3 Å². The van der Waals surface area contributed by atoms with Crippen molar-refractivity contribution in [2.24, 2.45) is 0 Å². The van der Waals surface area contributed by atoms with E-state index in [1.807, 2.05) is 0 Å². The van der Waals surface area contributed by atoms with Crippen molar-refractivity contribution in [1.82, 2.24) is 10.6 Å². The third-order valence-electron chi connectivity index (χ3n) is 2.21. The number of benzene rings is 1. The van der Waals surface area contributed by atoms with Gasteiger partial charge in [0.25, 0.3) is 0 Å². The standard InChI is InChI=1S/C15H20N2O4/c1-15(2,3)21-14(20)17-10-13(19)16-9-8-11-4-6-12(18)7-5-11/h4-9,18H,10H2,1-3H3,(H,16,19)(H,17,20)/b9-8+. The molecule has 0 aliphatic rings. The Hall–Kier alpha value is -2.50. The highest BCUT2D eigenvalue weighted by Gasteiger charge is 2.16. The summed E-state index contributed by atoms with van der Waals surface area (Å²) < 4.78 is 5.00. The smallest absolute Gasteiger partial charge is 0.408 e. The average Bonchev–Trinajstić information content (AvgIpc) is 2.37. The van der Waals surface area contributed by atoms with Gasteiger partial charge in [-0.1, -0.05) is 12.1 Å². The van der Waals surface area contributed by atoms with Gasteiger partial charge in [-0.15, -0.1) is 0 Å². The molecule has 0 bridgehead atoms. The van der Waals surface area contributed by atoms with Crippen LogP contribution in [0, 0.1) is 0 Å². The Morgan fingerprint density at radius 1 is 1.24 bits per heavy atom. The van der Waals surface area contributed by atoms with Crippen molar-refractivity contribution < 1.29 is 19.4 Å². The summed E-state index contributed by atoms with van der Waals surface area (Å²) in [6.07, 6.45) is 2.50. The van der Waals surface area contributed by atoms with Gasteiger partial charge in [-0.05, 0) is 44.5 Å². The minimum atomic E-state index is -0.639. The van der Waals surface area contributed by atoms with Crippen LogP contribution < -0.4 is 10.6 Å². The van der Waals surface area contributed by atoms with E-state index >= 15 is 0 Å². The Bertz CT molecular complexity index is 515. The molecule has 0 radical (unpaired) electrons. The Morgan fingerprint density at radius 3 is 2.43 bits per heavy atom. The molecule has 1 rings (SSSR count). The molecule has 1 aromatic carbocycles. The minimum Gasteiger partial charge on any atom is -0.508 e. The summed E-state index contributed by atoms with van der Waals surface area (Å²) in [6, 6.07) is 6.50. The summed E-state index contributed by atoms with van der Waals surface area (Å²) in [5.41, 5.74) is 0.229. The highest BCUT2D eigenvalue weighted by atomic mass is 16.6. The lowest BCUT2D eigenvalue weighted by atomic mass is 10.2. The van der Waals surface area contributed by atoms with E-state index < -0.39 is 11.7 Å². The molecule has 0 fully saturated rings. The van der Waals surface area contributed by atoms with Crippen LogP contribution in [0.5, 0.6) is 5.75 Å². The van der Waals surface area contributed by atoms with Crippen LogP contribution in [0.15, 0.2) is 30.5 Å².